The van der Waals surface area contributed by atoms with Crippen LogP contribution in [0.4, 0.5) is 5.69 Å². The quantitative estimate of drug-likeness (QED) is 0.454. The van der Waals surface area contributed by atoms with Gasteiger partial charge in [0.2, 0.25) is 0 Å². The van der Waals surface area contributed by atoms with Crippen molar-refractivity contribution in [2.24, 2.45) is 17.3 Å². The van der Waals surface area contributed by atoms with Crippen LogP contribution in [0.5, 0.6) is 0 Å². The molecular weight excluding hydrogens is 460 g/mol. The number of nitrogens with zero attached hydrogens (tertiary/aromatic N) is 6. The second-order valence-electron chi connectivity index (χ2n) is 11.0. The average molecular weight is 487 g/mol. The molecule has 3 aromatic heterocycles. The van der Waals surface area contributed by atoms with Crippen LogP contribution < -0.4 is 4.90 Å². The first-order valence-corrected chi connectivity index (χ1v) is 13.0. The van der Waals surface area contributed by atoms with Gasteiger partial charge in [0.1, 0.15) is 11.3 Å². The monoisotopic (exact) mass is 486 g/mol. The number of benzene rings is 1. The van der Waals surface area contributed by atoms with Crippen molar-refractivity contribution in [1.29, 1.82) is 0 Å². The lowest BCUT2D eigenvalue weighted by atomic mass is 9.86. The lowest BCUT2D eigenvalue weighted by molar-refractivity contribution is 0.0688. The number of pyridine rings is 1. The highest BCUT2D eigenvalue weighted by Crippen LogP contribution is 2.79. The molecule has 7 nitrogen and oxygen atoms in total. The molecule has 4 atom stereocenters. The summed E-state index contributed by atoms with van der Waals surface area (Å²) in [6.45, 7) is 3.71. The van der Waals surface area contributed by atoms with E-state index in [1.165, 1.54) is 12.8 Å². The average Bonchev–Trinajstić information content (AvgIpc) is 3.38. The second-order valence-corrected chi connectivity index (χ2v) is 11.4. The number of anilines is 1. The summed E-state index contributed by atoms with van der Waals surface area (Å²) in [5, 5.41) is 22.9. The van der Waals surface area contributed by atoms with Gasteiger partial charge in [-0.15, -0.1) is 0 Å². The summed E-state index contributed by atoms with van der Waals surface area (Å²) in [7, 11) is 0. The number of aryl methyl sites for hydroxylation is 1. The molecule has 8 heteroatoms. The highest BCUT2D eigenvalue weighted by Gasteiger charge is 2.83. The van der Waals surface area contributed by atoms with Gasteiger partial charge < -0.3 is 10.0 Å². The van der Waals surface area contributed by atoms with Gasteiger partial charge in [0.15, 0.2) is 0 Å². The van der Waals surface area contributed by atoms with Gasteiger partial charge >= 0.3 is 0 Å². The standard InChI is InChI=1S/C27H27ClN6O/c1-16-2-3-18(11-29-16)27(35)25-7-4-19-13-32(15-26(19,25)27)24-9-23-17(8-22(24)28)10-31-34(23)21-12-30-33(14-21)20-5-6-20/h2-3,8-12,14,19-20,25,35H,4-7,13,15H2,1H3/t19-,25+,26?,27?/m0/s1. The minimum atomic E-state index is -0.791. The molecule has 1 spiro atoms. The maximum atomic E-state index is 11.9. The zero-order chi connectivity index (χ0) is 23.5. The van der Waals surface area contributed by atoms with Crippen LogP contribution in [0.25, 0.3) is 16.6 Å². The maximum absolute atomic E-state index is 11.9. The molecule has 35 heavy (non-hydrogen) atoms. The lowest BCUT2D eigenvalue weighted by Crippen LogP contribution is -2.26. The number of hydrogen-bond acceptors (Lipinski definition) is 5. The fourth-order valence-electron chi connectivity index (χ4n) is 7.38. The van der Waals surface area contributed by atoms with Gasteiger partial charge in [-0.2, -0.15) is 10.2 Å². The normalized spacial score (nSPS) is 31.2. The summed E-state index contributed by atoms with van der Waals surface area (Å²) in [5.41, 5.74) is 4.06. The maximum Gasteiger partial charge on any atom is 0.103 e. The fourth-order valence-corrected chi connectivity index (χ4v) is 7.67. The molecule has 1 N–H and O–H groups in total. The summed E-state index contributed by atoms with van der Waals surface area (Å²) >= 11 is 6.85. The Kier molecular flexibility index (Phi) is 3.86. The molecule has 4 aromatic rings. The molecule has 4 fully saturated rings. The van der Waals surface area contributed by atoms with E-state index in [0.29, 0.717) is 12.0 Å². The van der Waals surface area contributed by atoms with Gasteiger partial charge in [-0.1, -0.05) is 17.7 Å². The molecular formula is C27H27ClN6O. The van der Waals surface area contributed by atoms with E-state index >= 15 is 0 Å². The summed E-state index contributed by atoms with van der Waals surface area (Å²) in [5.74, 6) is 0.739. The van der Waals surface area contributed by atoms with E-state index in [-0.39, 0.29) is 11.3 Å². The third-order valence-electron chi connectivity index (χ3n) is 9.26. The number of fused-ring (bicyclic) bond motifs is 1. The van der Waals surface area contributed by atoms with E-state index in [4.69, 9.17) is 11.6 Å². The van der Waals surface area contributed by atoms with E-state index in [0.717, 1.165) is 64.5 Å². The largest absolute Gasteiger partial charge is 0.384 e. The Labute approximate surface area is 208 Å². The Morgan fingerprint density at radius 1 is 1.06 bits per heavy atom. The number of rotatable bonds is 4. The molecule has 4 aliphatic rings. The van der Waals surface area contributed by atoms with Crippen molar-refractivity contribution in [2.75, 3.05) is 18.0 Å². The summed E-state index contributed by atoms with van der Waals surface area (Å²) in [4.78, 5) is 6.88. The van der Waals surface area contributed by atoms with Crippen molar-refractivity contribution in [3.63, 3.8) is 0 Å². The lowest BCUT2D eigenvalue weighted by Gasteiger charge is -2.23. The van der Waals surface area contributed by atoms with Crippen molar-refractivity contribution < 1.29 is 5.11 Å². The van der Waals surface area contributed by atoms with Gasteiger partial charge in [0, 0.05) is 47.3 Å². The van der Waals surface area contributed by atoms with Gasteiger partial charge in [0.25, 0.3) is 0 Å². The Bertz CT molecular complexity index is 1490. The number of aliphatic hydroxyl groups is 1. The third kappa shape index (κ3) is 2.58. The molecule has 0 radical (unpaired) electrons. The zero-order valence-corrected chi connectivity index (χ0v) is 20.4. The molecule has 1 aromatic carbocycles. The van der Waals surface area contributed by atoms with Gasteiger partial charge in [-0.25, -0.2) is 4.68 Å². The number of hydrogen-bond donors (Lipinski definition) is 1. The zero-order valence-electron chi connectivity index (χ0n) is 19.6. The number of halogens is 1. The topological polar surface area (TPSA) is 72.0 Å². The van der Waals surface area contributed by atoms with Crippen molar-refractivity contribution >= 4 is 28.2 Å². The van der Waals surface area contributed by atoms with Crippen LogP contribution in [0.2, 0.25) is 5.02 Å². The first kappa shape index (κ1) is 20.3. The van der Waals surface area contributed by atoms with Crippen molar-refractivity contribution in [3.8, 4) is 5.69 Å². The molecule has 178 valence electrons. The van der Waals surface area contributed by atoms with Crippen molar-refractivity contribution in [3.05, 3.63) is 65.3 Å². The molecule has 1 saturated heterocycles. The third-order valence-corrected chi connectivity index (χ3v) is 9.56. The first-order valence-electron chi connectivity index (χ1n) is 12.6. The summed E-state index contributed by atoms with van der Waals surface area (Å²) in [6.07, 6.45) is 12.4. The minimum absolute atomic E-state index is 0.117. The minimum Gasteiger partial charge on any atom is -0.384 e. The van der Waals surface area contributed by atoms with Crippen LogP contribution >= 0.6 is 11.6 Å². The predicted octanol–water partition coefficient (Wildman–Crippen LogP) is 4.65. The smallest absolute Gasteiger partial charge is 0.103 e. The molecule has 3 saturated carbocycles. The second kappa shape index (κ2) is 6.65. The van der Waals surface area contributed by atoms with Crippen LogP contribution in [-0.4, -0.2) is 42.7 Å². The highest BCUT2D eigenvalue weighted by molar-refractivity contribution is 6.34. The molecule has 0 amide bonds. The Hall–Kier alpha value is -2.90. The molecule has 3 aliphatic carbocycles. The van der Waals surface area contributed by atoms with Gasteiger partial charge in [-0.3, -0.25) is 9.67 Å². The van der Waals surface area contributed by atoms with Crippen LogP contribution in [0, 0.1) is 24.2 Å². The van der Waals surface area contributed by atoms with E-state index in [9.17, 15) is 5.11 Å². The van der Waals surface area contributed by atoms with E-state index in [1.54, 1.807) is 0 Å². The predicted molar refractivity (Wildman–Crippen MR) is 134 cm³/mol. The first-order chi connectivity index (χ1) is 17.0. The van der Waals surface area contributed by atoms with Crippen LogP contribution in [-0.2, 0) is 5.60 Å². The fraction of sp³-hybridized carbons (Fsp3) is 0.444. The van der Waals surface area contributed by atoms with E-state index < -0.39 is 5.60 Å². The molecule has 4 heterocycles. The Morgan fingerprint density at radius 3 is 2.74 bits per heavy atom. The van der Waals surface area contributed by atoms with Crippen molar-refractivity contribution in [2.45, 2.75) is 44.2 Å². The van der Waals surface area contributed by atoms with Crippen LogP contribution in [0.3, 0.4) is 0 Å². The summed E-state index contributed by atoms with van der Waals surface area (Å²) in [6, 6.07) is 8.80. The summed E-state index contributed by atoms with van der Waals surface area (Å²) < 4.78 is 4.01. The Morgan fingerprint density at radius 2 is 1.94 bits per heavy atom. The van der Waals surface area contributed by atoms with Crippen LogP contribution in [0.1, 0.15) is 43.0 Å². The van der Waals surface area contributed by atoms with Crippen LogP contribution in [0.15, 0.2) is 49.1 Å². The molecule has 0 bridgehead atoms. The van der Waals surface area contributed by atoms with E-state index in [2.05, 4.69) is 43.1 Å². The molecule has 1 aliphatic heterocycles. The van der Waals surface area contributed by atoms with Crippen molar-refractivity contribution in [1.82, 2.24) is 24.5 Å². The highest BCUT2D eigenvalue weighted by atomic mass is 35.5. The Balaban J connectivity index is 1.16. The van der Waals surface area contributed by atoms with E-state index in [1.807, 2.05) is 42.3 Å². The van der Waals surface area contributed by atoms with Gasteiger partial charge in [-0.05, 0) is 56.7 Å². The SMILES string of the molecule is Cc1ccc(C2(O)[C@@H]3CC[C@H]4CN(c5cc6c(cnn6-c6cnn(C7CC7)c6)cc5Cl)CC432)cn1. The molecule has 2 unspecified atom stereocenters. The number of aromatic nitrogens is 5. The van der Waals surface area contributed by atoms with Gasteiger partial charge in [0.05, 0.1) is 40.9 Å². The molecule has 8 rings (SSSR count).